The van der Waals surface area contributed by atoms with Gasteiger partial charge in [-0.1, -0.05) is 0 Å². The molecule has 94 valence electrons. The van der Waals surface area contributed by atoms with Crippen molar-refractivity contribution >= 4 is 0 Å². The summed E-state index contributed by atoms with van der Waals surface area (Å²) in [6.07, 6.45) is 0. The molecule has 0 unspecified atom stereocenters. The number of aromatic hydroxyl groups is 1. The summed E-state index contributed by atoms with van der Waals surface area (Å²) in [6, 6.07) is 2.50. The molecule has 2 aromatic rings. The summed E-state index contributed by atoms with van der Waals surface area (Å²) in [5.41, 5.74) is -2.26. The zero-order chi connectivity index (χ0) is 13.4. The van der Waals surface area contributed by atoms with Crippen LogP contribution in [0.15, 0.2) is 27.8 Å². The summed E-state index contributed by atoms with van der Waals surface area (Å²) in [5.74, 6) is -2.53. The fourth-order valence-electron chi connectivity index (χ4n) is 1.50. The number of H-pyrrole nitrogens is 1. The molecule has 0 aliphatic heterocycles. The molecule has 0 atom stereocenters. The highest BCUT2D eigenvalue weighted by Crippen LogP contribution is 2.18. The van der Waals surface area contributed by atoms with Crippen molar-refractivity contribution in [1.29, 1.82) is 0 Å². The van der Waals surface area contributed by atoms with Crippen LogP contribution in [-0.2, 0) is 0 Å². The number of nitrogens with zero attached hydrogens (tertiary/aromatic N) is 1. The third-order valence-corrected chi connectivity index (χ3v) is 2.46. The Morgan fingerprint density at radius 2 is 1.94 bits per heavy atom. The molecule has 0 saturated carbocycles. The molecule has 0 bridgehead atoms. The lowest BCUT2D eigenvalue weighted by Gasteiger charge is -2.10. The van der Waals surface area contributed by atoms with Gasteiger partial charge in [0.1, 0.15) is 11.6 Å². The SMILES string of the molecule is Cc1c(O)n(-c2ccc(F)cc2F)c(=O)[nH]c1=O. The van der Waals surface area contributed by atoms with Crippen LogP contribution in [0.1, 0.15) is 5.56 Å². The first-order valence-corrected chi connectivity index (χ1v) is 4.92. The van der Waals surface area contributed by atoms with E-state index in [-0.39, 0.29) is 11.3 Å². The van der Waals surface area contributed by atoms with Gasteiger partial charge in [0.15, 0.2) is 0 Å². The maximum Gasteiger partial charge on any atom is 0.335 e. The van der Waals surface area contributed by atoms with Crippen molar-refractivity contribution in [2.24, 2.45) is 0 Å². The molecule has 1 heterocycles. The minimum atomic E-state index is -1.03. The van der Waals surface area contributed by atoms with Gasteiger partial charge < -0.3 is 5.11 Å². The van der Waals surface area contributed by atoms with Crippen LogP contribution in [0.4, 0.5) is 8.78 Å². The van der Waals surface area contributed by atoms with E-state index in [1.165, 1.54) is 6.92 Å². The van der Waals surface area contributed by atoms with E-state index in [9.17, 15) is 23.5 Å². The number of benzene rings is 1. The van der Waals surface area contributed by atoms with Gasteiger partial charge in [-0.15, -0.1) is 0 Å². The predicted octanol–water partition coefficient (Wildman–Crippen LogP) is 0.818. The number of halogens is 2. The third kappa shape index (κ3) is 1.79. The van der Waals surface area contributed by atoms with Gasteiger partial charge in [-0.25, -0.2) is 18.1 Å². The van der Waals surface area contributed by atoms with Crippen LogP contribution in [0.5, 0.6) is 5.88 Å². The molecule has 0 radical (unpaired) electrons. The van der Waals surface area contributed by atoms with Gasteiger partial charge in [0.05, 0.1) is 11.3 Å². The Hall–Kier alpha value is -2.44. The van der Waals surface area contributed by atoms with Gasteiger partial charge >= 0.3 is 5.69 Å². The largest absolute Gasteiger partial charge is 0.494 e. The van der Waals surface area contributed by atoms with Crippen LogP contribution in [0.2, 0.25) is 0 Å². The Morgan fingerprint density at radius 3 is 2.56 bits per heavy atom. The Kier molecular flexibility index (Phi) is 2.74. The summed E-state index contributed by atoms with van der Waals surface area (Å²) in [4.78, 5) is 24.7. The molecule has 5 nitrogen and oxygen atoms in total. The molecular weight excluding hydrogens is 246 g/mol. The number of rotatable bonds is 1. The Morgan fingerprint density at radius 1 is 1.28 bits per heavy atom. The van der Waals surface area contributed by atoms with Gasteiger partial charge in [0.2, 0.25) is 5.88 Å². The highest BCUT2D eigenvalue weighted by molar-refractivity contribution is 5.39. The molecule has 0 aliphatic rings. The lowest BCUT2D eigenvalue weighted by atomic mass is 10.2. The van der Waals surface area contributed by atoms with E-state index in [1.54, 1.807) is 0 Å². The van der Waals surface area contributed by atoms with E-state index >= 15 is 0 Å². The number of hydrogen-bond donors (Lipinski definition) is 2. The second kappa shape index (κ2) is 4.10. The molecule has 0 saturated heterocycles. The minimum absolute atomic E-state index is 0.140. The van der Waals surface area contributed by atoms with Crippen LogP contribution in [0, 0.1) is 18.6 Å². The first kappa shape index (κ1) is 12.0. The molecule has 1 aromatic heterocycles. The molecule has 2 rings (SSSR count). The summed E-state index contributed by atoms with van der Waals surface area (Å²) in [7, 11) is 0. The molecule has 0 amide bonds. The zero-order valence-corrected chi connectivity index (χ0v) is 9.20. The first-order chi connectivity index (χ1) is 8.41. The van der Waals surface area contributed by atoms with E-state index in [2.05, 4.69) is 0 Å². The zero-order valence-electron chi connectivity index (χ0n) is 9.20. The van der Waals surface area contributed by atoms with Gasteiger partial charge in [0.25, 0.3) is 5.56 Å². The van der Waals surface area contributed by atoms with Gasteiger partial charge in [-0.3, -0.25) is 9.78 Å². The third-order valence-electron chi connectivity index (χ3n) is 2.46. The summed E-state index contributed by atoms with van der Waals surface area (Å²) >= 11 is 0. The monoisotopic (exact) mass is 254 g/mol. The number of aromatic nitrogens is 2. The van der Waals surface area contributed by atoms with Crippen molar-refractivity contribution < 1.29 is 13.9 Å². The lowest BCUT2D eigenvalue weighted by Crippen LogP contribution is -2.30. The second-order valence-electron chi connectivity index (χ2n) is 3.64. The Bertz CT molecular complexity index is 734. The van der Waals surface area contributed by atoms with Gasteiger partial charge in [-0.05, 0) is 19.1 Å². The maximum atomic E-state index is 13.5. The average Bonchev–Trinajstić information content (AvgIpc) is 2.29. The van der Waals surface area contributed by atoms with Crippen molar-refractivity contribution in [3.8, 4) is 11.6 Å². The highest BCUT2D eigenvalue weighted by Gasteiger charge is 2.15. The normalized spacial score (nSPS) is 10.6. The summed E-state index contributed by atoms with van der Waals surface area (Å²) in [6.45, 7) is 1.27. The second-order valence-corrected chi connectivity index (χ2v) is 3.64. The molecule has 0 spiro atoms. The molecule has 7 heteroatoms. The standard InChI is InChI=1S/C11H8F2N2O3/c1-5-9(16)14-11(18)15(10(5)17)8-3-2-6(12)4-7(8)13/h2-4,17H,1H3,(H,14,16,18). The quantitative estimate of drug-likeness (QED) is 0.791. The van der Waals surface area contributed by atoms with Crippen molar-refractivity contribution in [2.75, 3.05) is 0 Å². The fourth-order valence-corrected chi connectivity index (χ4v) is 1.50. The van der Waals surface area contributed by atoms with E-state index in [1.807, 2.05) is 4.98 Å². The van der Waals surface area contributed by atoms with Crippen LogP contribution in [0.3, 0.4) is 0 Å². The predicted molar refractivity (Wildman–Crippen MR) is 59.0 cm³/mol. The smallest absolute Gasteiger partial charge is 0.335 e. The van der Waals surface area contributed by atoms with Crippen molar-refractivity contribution in [3.63, 3.8) is 0 Å². The van der Waals surface area contributed by atoms with E-state index in [0.717, 1.165) is 12.1 Å². The average molecular weight is 254 g/mol. The fraction of sp³-hybridized carbons (Fsp3) is 0.0909. The molecule has 1 aromatic carbocycles. The van der Waals surface area contributed by atoms with E-state index in [4.69, 9.17) is 0 Å². The van der Waals surface area contributed by atoms with E-state index < -0.39 is 28.8 Å². The van der Waals surface area contributed by atoms with Gasteiger partial charge in [-0.2, -0.15) is 0 Å². The Balaban J connectivity index is 2.84. The van der Waals surface area contributed by atoms with Crippen LogP contribution in [-0.4, -0.2) is 14.7 Å². The maximum absolute atomic E-state index is 13.5. The molecule has 0 fully saturated rings. The summed E-state index contributed by atoms with van der Waals surface area (Å²) < 4.78 is 26.8. The minimum Gasteiger partial charge on any atom is -0.494 e. The molecule has 18 heavy (non-hydrogen) atoms. The van der Waals surface area contributed by atoms with Crippen LogP contribution in [0.25, 0.3) is 5.69 Å². The number of nitrogens with one attached hydrogen (secondary N) is 1. The first-order valence-electron chi connectivity index (χ1n) is 4.92. The Labute approximate surface area is 99.0 Å². The van der Waals surface area contributed by atoms with Crippen LogP contribution >= 0.6 is 0 Å². The van der Waals surface area contributed by atoms with Crippen molar-refractivity contribution in [2.45, 2.75) is 6.92 Å². The number of hydrogen-bond acceptors (Lipinski definition) is 3. The van der Waals surface area contributed by atoms with E-state index in [0.29, 0.717) is 10.6 Å². The van der Waals surface area contributed by atoms with Crippen LogP contribution < -0.4 is 11.2 Å². The molecular formula is C11H8F2N2O3. The van der Waals surface area contributed by atoms with Gasteiger partial charge in [0, 0.05) is 6.07 Å². The molecule has 2 N–H and O–H groups in total. The highest BCUT2D eigenvalue weighted by atomic mass is 19.1. The summed E-state index contributed by atoms with van der Waals surface area (Å²) in [5, 5.41) is 9.69. The van der Waals surface area contributed by atoms with Crippen molar-refractivity contribution in [1.82, 2.24) is 9.55 Å². The number of aromatic amines is 1. The lowest BCUT2D eigenvalue weighted by molar-refractivity contribution is 0.422. The topological polar surface area (TPSA) is 75.1 Å². The van der Waals surface area contributed by atoms with Crippen molar-refractivity contribution in [3.05, 3.63) is 56.2 Å². The molecule has 0 aliphatic carbocycles.